The Morgan fingerprint density at radius 2 is 2.38 bits per heavy atom. The van der Waals surface area contributed by atoms with E-state index in [9.17, 15) is 0 Å². The minimum atomic E-state index is -0.322. The van der Waals surface area contributed by atoms with Crippen LogP contribution in [-0.4, -0.2) is 13.7 Å². The van der Waals surface area contributed by atoms with Crippen molar-refractivity contribution in [3.8, 4) is 0 Å². The maximum atomic E-state index is 5.84. The molecule has 1 rings (SSSR count). The SMILES string of the molecule is CCOC(OC)c1sc(Cl)cc1Br. The van der Waals surface area contributed by atoms with Crippen molar-refractivity contribution in [3.63, 3.8) is 0 Å². The zero-order chi connectivity index (χ0) is 9.84. The van der Waals surface area contributed by atoms with Crippen LogP contribution in [0, 0.1) is 0 Å². The minimum Gasteiger partial charge on any atom is -0.351 e. The Balaban J connectivity index is 2.83. The summed E-state index contributed by atoms with van der Waals surface area (Å²) in [7, 11) is 1.61. The van der Waals surface area contributed by atoms with E-state index in [0.29, 0.717) is 6.61 Å². The first kappa shape index (κ1) is 11.5. The van der Waals surface area contributed by atoms with Crippen molar-refractivity contribution in [1.29, 1.82) is 0 Å². The molecule has 1 atom stereocenters. The summed E-state index contributed by atoms with van der Waals surface area (Å²) in [5, 5.41) is 0. The first-order chi connectivity index (χ1) is 6.19. The minimum absolute atomic E-state index is 0.322. The van der Waals surface area contributed by atoms with Gasteiger partial charge in [0.2, 0.25) is 0 Å². The molecule has 0 bridgehead atoms. The van der Waals surface area contributed by atoms with Crippen LogP contribution < -0.4 is 0 Å². The van der Waals surface area contributed by atoms with Crippen molar-refractivity contribution in [2.75, 3.05) is 13.7 Å². The Morgan fingerprint density at radius 3 is 2.77 bits per heavy atom. The van der Waals surface area contributed by atoms with Gasteiger partial charge in [-0.1, -0.05) is 11.6 Å². The molecule has 0 aromatic carbocycles. The highest BCUT2D eigenvalue weighted by molar-refractivity contribution is 9.10. The Kier molecular flexibility index (Phi) is 4.69. The molecule has 1 heterocycles. The van der Waals surface area contributed by atoms with Gasteiger partial charge in [-0.3, -0.25) is 0 Å². The third kappa shape index (κ3) is 2.92. The molecule has 0 saturated heterocycles. The molecular weight excluding hydrogens is 276 g/mol. The van der Waals surface area contributed by atoms with Crippen LogP contribution in [0.25, 0.3) is 0 Å². The summed E-state index contributed by atoms with van der Waals surface area (Å²) < 4.78 is 12.2. The number of hydrogen-bond acceptors (Lipinski definition) is 3. The summed E-state index contributed by atoms with van der Waals surface area (Å²) in [6, 6.07) is 1.84. The van der Waals surface area contributed by atoms with E-state index in [-0.39, 0.29) is 6.29 Å². The van der Waals surface area contributed by atoms with Gasteiger partial charge in [0.05, 0.1) is 9.21 Å². The zero-order valence-electron chi connectivity index (χ0n) is 7.34. The summed E-state index contributed by atoms with van der Waals surface area (Å²) in [6.45, 7) is 2.54. The first-order valence-electron chi connectivity index (χ1n) is 3.78. The molecule has 0 aliphatic carbocycles. The van der Waals surface area contributed by atoms with Gasteiger partial charge in [0, 0.05) is 18.2 Å². The van der Waals surface area contributed by atoms with Gasteiger partial charge in [-0.15, -0.1) is 11.3 Å². The molecule has 0 fully saturated rings. The van der Waals surface area contributed by atoms with E-state index in [1.807, 2.05) is 13.0 Å². The monoisotopic (exact) mass is 284 g/mol. The van der Waals surface area contributed by atoms with Gasteiger partial charge in [0.1, 0.15) is 0 Å². The number of hydrogen-bond donors (Lipinski definition) is 0. The number of halogens is 2. The van der Waals surface area contributed by atoms with E-state index in [1.54, 1.807) is 7.11 Å². The normalized spacial score (nSPS) is 13.2. The molecule has 0 spiro atoms. The van der Waals surface area contributed by atoms with Gasteiger partial charge in [0.25, 0.3) is 0 Å². The van der Waals surface area contributed by atoms with Crippen LogP contribution in [0.4, 0.5) is 0 Å². The molecule has 0 amide bonds. The van der Waals surface area contributed by atoms with Crippen molar-refractivity contribution in [3.05, 3.63) is 19.8 Å². The second-order valence-electron chi connectivity index (χ2n) is 2.29. The highest BCUT2D eigenvalue weighted by Crippen LogP contribution is 2.36. The van der Waals surface area contributed by atoms with Crippen molar-refractivity contribution in [2.45, 2.75) is 13.2 Å². The van der Waals surface area contributed by atoms with Crippen LogP contribution in [0.2, 0.25) is 4.34 Å². The van der Waals surface area contributed by atoms with E-state index in [1.165, 1.54) is 11.3 Å². The average molecular weight is 286 g/mol. The lowest BCUT2D eigenvalue weighted by molar-refractivity contribution is -0.122. The van der Waals surface area contributed by atoms with Gasteiger partial charge >= 0.3 is 0 Å². The summed E-state index contributed by atoms with van der Waals surface area (Å²) in [4.78, 5) is 0.967. The predicted molar refractivity (Wildman–Crippen MR) is 58.4 cm³/mol. The Morgan fingerprint density at radius 1 is 1.69 bits per heavy atom. The molecule has 0 saturated carbocycles. The second kappa shape index (κ2) is 5.32. The van der Waals surface area contributed by atoms with Gasteiger partial charge < -0.3 is 9.47 Å². The number of thiophene rings is 1. The van der Waals surface area contributed by atoms with Crippen LogP contribution in [0.5, 0.6) is 0 Å². The topological polar surface area (TPSA) is 18.5 Å². The molecule has 2 nitrogen and oxygen atoms in total. The smallest absolute Gasteiger partial charge is 0.193 e. The van der Waals surface area contributed by atoms with Crippen molar-refractivity contribution < 1.29 is 9.47 Å². The predicted octanol–water partition coefficient (Wildman–Crippen LogP) is 3.85. The third-order valence-corrected chi connectivity index (χ3v) is 3.63. The molecule has 1 aromatic rings. The Bertz CT molecular complexity index is 277. The fourth-order valence-corrected chi connectivity index (χ4v) is 3.02. The molecule has 1 aromatic heterocycles. The highest BCUT2D eigenvalue weighted by atomic mass is 79.9. The highest BCUT2D eigenvalue weighted by Gasteiger charge is 2.16. The molecule has 0 aliphatic rings. The van der Waals surface area contributed by atoms with Crippen molar-refractivity contribution in [1.82, 2.24) is 0 Å². The van der Waals surface area contributed by atoms with E-state index >= 15 is 0 Å². The van der Waals surface area contributed by atoms with E-state index in [2.05, 4.69) is 15.9 Å². The number of methoxy groups -OCH3 is 1. The summed E-state index contributed by atoms with van der Waals surface area (Å²) in [5.74, 6) is 0. The van der Waals surface area contributed by atoms with Crippen LogP contribution >= 0.6 is 38.9 Å². The van der Waals surface area contributed by atoms with Crippen molar-refractivity contribution >= 4 is 38.9 Å². The van der Waals surface area contributed by atoms with Gasteiger partial charge in [-0.05, 0) is 28.9 Å². The number of rotatable bonds is 4. The molecule has 13 heavy (non-hydrogen) atoms. The lowest BCUT2D eigenvalue weighted by Gasteiger charge is -2.13. The fourth-order valence-electron chi connectivity index (χ4n) is 0.917. The summed E-state index contributed by atoms with van der Waals surface area (Å²) in [5.41, 5.74) is 0. The van der Waals surface area contributed by atoms with Gasteiger partial charge in [-0.2, -0.15) is 0 Å². The molecular formula is C8H10BrClO2S. The van der Waals surface area contributed by atoms with Gasteiger partial charge in [-0.25, -0.2) is 0 Å². The van der Waals surface area contributed by atoms with E-state index in [4.69, 9.17) is 21.1 Å². The molecule has 0 radical (unpaired) electrons. The average Bonchev–Trinajstić information content (AvgIpc) is 2.41. The van der Waals surface area contributed by atoms with E-state index in [0.717, 1.165) is 13.7 Å². The zero-order valence-corrected chi connectivity index (χ0v) is 10.5. The molecule has 74 valence electrons. The first-order valence-corrected chi connectivity index (χ1v) is 5.77. The lowest BCUT2D eigenvalue weighted by Crippen LogP contribution is -2.04. The van der Waals surface area contributed by atoms with Crippen LogP contribution in [0.1, 0.15) is 18.1 Å². The Labute approximate surface area is 94.9 Å². The largest absolute Gasteiger partial charge is 0.351 e. The van der Waals surface area contributed by atoms with Crippen LogP contribution in [-0.2, 0) is 9.47 Å². The summed E-state index contributed by atoms with van der Waals surface area (Å²) >= 11 is 10.7. The quantitative estimate of drug-likeness (QED) is 0.783. The molecule has 5 heteroatoms. The fraction of sp³-hybridized carbons (Fsp3) is 0.500. The van der Waals surface area contributed by atoms with Crippen molar-refractivity contribution in [2.24, 2.45) is 0 Å². The van der Waals surface area contributed by atoms with Gasteiger partial charge in [0.15, 0.2) is 6.29 Å². The van der Waals surface area contributed by atoms with Crippen LogP contribution in [0.15, 0.2) is 10.5 Å². The maximum Gasteiger partial charge on any atom is 0.193 e. The standard InChI is InChI=1S/C8H10BrClO2S/c1-3-12-8(11-2)7-5(9)4-6(10)13-7/h4,8H,3H2,1-2H3. The molecule has 0 N–H and O–H groups in total. The molecule has 0 aliphatic heterocycles. The summed E-state index contributed by atoms with van der Waals surface area (Å²) in [6.07, 6.45) is -0.322. The lowest BCUT2D eigenvalue weighted by atomic mass is 10.4. The van der Waals surface area contributed by atoms with E-state index < -0.39 is 0 Å². The third-order valence-electron chi connectivity index (χ3n) is 1.43. The maximum absolute atomic E-state index is 5.84. The Hall–Kier alpha value is 0.390. The van der Waals surface area contributed by atoms with Crippen LogP contribution in [0.3, 0.4) is 0 Å². The number of ether oxygens (including phenoxy) is 2. The second-order valence-corrected chi connectivity index (χ2v) is 4.86. The molecule has 1 unspecified atom stereocenters.